The molecule has 0 aromatic carbocycles. The van der Waals surface area contributed by atoms with Crippen molar-refractivity contribution in [1.29, 1.82) is 5.26 Å². The van der Waals surface area contributed by atoms with Gasteiger partial charge in [0.2, 0.25) is 0 Å². The van der Waals surface area contributed by atoms with Crippen molar-refractivity contribution in [3.8, 4) is 6.07 Å². The molecule has 0 bridgehead atoms. The maximum absolute atomic E-state index is 9.45. The molecule has 1 saturated carbocycles. The van der Waals surface area contributed by atoms with Crippen molar-refractivity contribution < 1.29 is 5.11 Å². The quantitative estimate of drug-likeness (QED) is 0.856. The van der Waals surface area contributed by atoms with E-state index >= 15 is 0 Å². The molecule has 1 aromatic heterocycles. The van der Waals surface area contributed by atoms with Gasteiger partial charge in [-0.2, -0.15) is 5.26 Å². The van der Waals surface area contributed by atoms with Crippen LogP contribution < -0.4 is 5.32 Å². The van der Waals surface area contributed by atoms with Gasteiger partial charge in [-0.1, -0.05) is 0 Å². The zero-order valence-electron chi connectivity index (χ0n) is 10.7. The standard InChI is InChI=1S/C14H19N3O/c1-10-6-12(8-15)7-14(17-10)16-9-11-2-4-13(18)5-3-11/h6-7,11,13,18H,2-5,9H2,1H3,(H,16,17). The lowest BCUT2D eigenvalue weighted by Crippen LogP contribution is -2.23. The van der Waals surface area contributed by atoms with Crippen LogP contribution in [0.15, 0.2) is 12.1 Å². The van der Waals surface area contributed by atoms with Crippen LogP contribution in [0, 0.1) is 24.2 Å². The third-order valence-corrected chi connectivity index (χ3v) is 3.47. The maximum atomic E-state index is 9.45. The smallest absolute Gasteiger partial charge is 0.127 e. The van der Waals surface area contributed by atoms with Gasteiger partial charge in [0.15, 0.2) is 0 Å². The van der Waals surface area contributed by atoms with E-state index in [9.17, 15) is 5.11 Å². The first kappa shape index (κ1) is 12.8. The Hall–Kier alpha value is -1.60. The van der Waals surface area contributed by atoms with Crippen LogP contribution in [0.4, 0.5) is 5.82 Å². The van der Waals surface area contributed by atoms with Crippen molar-refractivity contribution in [2.24, 2.45) is 5.92 Å². The molecular weight excluding hydrogens is 226 g/mol. The number of aryl methyl sites for hydroxylation is 1. The van der Waals surface area contributed by atoms with Crippen LogP contribution in [-0.2, 0) is 0 Å². The van der Waals surface area contributed by atoms with Gasteiger partial charge in [-0.05, 0) is 50.7 Å². The van der Waals surface area contributed by atoms with E-state index in [-0.39, 0.29) is 6.10 Å². The molecule has 1 aliphatic rings. The van der Waals surface area contributed by atoms with E-state index in [0.29, 0.717) is 11.5 Å². The van der Waals surface area contributed by atoms with Crippen molar-refractivity contribution in [1.82, 2.24) is 4.98 Å². The molecule has 2 rings (SSSR count). The number of nitrogens with one attached hydrogen (secondary N) is 1. The molecule has 0 saturated heterocycles. The second-order valence-corrected chi connectivity index (χ2v) is 5.05. The number of nitriles is 1. The molecule has 0 unspecified atom stereocenters. The Morgan fingerprint density at radius 2 is 2.11 bits per heavy atom. The summed E-state index contributed by atoms with van der Waals surface area (Å²) in [5.74, 6) is 1.37. The highest BCUT2D eigenvalue weighted by Gasteiger charge is 2.19. The van der Waals surface area contributed by atoms with Gasteiger partial charge in [0, 0.05) is 12.2 Å². The average Bonchev–Trinajstić information content (AvgIpc) is 2.37. The van der Waals surface area contributed by atoms with E-state index in [0.717, 1.165) is 43.7 Å². The van der Waals surface area contributed by atoms with Crippen molar-refractivity contribution in [3.05, 3.63) is 23.4 Å². The van der Waals surface area contributed by atoms with Gasteiger partial charge in [-0.3, -0.25) is 0 Å². The summed E-state index contributed by atoms with van der Waals surface area (Å²) in [4.78, 5) is 4.37. The van der Waals surface area contributed by atoms with Gasteiger partial charge >= 0.3 is 0 Å². The Bertz CT molecular complexity index is 445. The number of rotatable bonds is 3. The Morgan fingerprint density at radius 1 is 1.39 bits per heavy atom. The van der Waals surface area contributed by atoms with Crippen LogP contribution >= 0.6 is 0 Å². The van der Waals surface area contributed by atoms with Crippen LogP contribution in [0.2, 0.25) is 0 Å². The molecule has 4 heteroatoms. The molecule has 1 fully saturated rings. The van der Waals surface area contributed by atoms with E-state index in [2.05, 4.69) is 16.4 Å². The van der Waals surface area contributed by atoms with Crippen LogP contribution in [0.5, 0.6) is 0 Å². The van der Waals surface area contributed by atoms with Gasteiger partial charge < -0.3 is 10.4 Å². The van der Waals surface area contributed by atoms with E-state index in [4.69, 9.17) is 5.26 Å². The Morgan fingerprint density at radius 3 is 2.78 bits per heavy atom. The second kappa shape index (κ2) is 5.83. The fourth-order valence-corrected chi connectivity index (χ4v) is 2.42. The second-order valence-electron chi connectivity index (χ2n) is 5.05. The topological polar surface area (TPSA) is 68.9 Å². The number of aliphatic hydroxyl groups excluding tert-OH is 1. The highest BCUT2D eigenvalue weighted by molar-refractivity contribution is 5.44. The molecule has 0 aliphatic heterocycles. The minimum Gasteiger partial charge on any atom is -0.393 e. The molecule has 2 N–H and O–H groups in total. The zero-order chi connectivity index (χ0) is 13.0. The van der Waals surface area contributed by atoms with E-state index in [1.54, 1.807) is 12.1 Å². The summed E-state index contributed by atoms with van der Waals surface area (Å²) in [6, 6.07) is 5.70. The minimum absolute atomic E-state index is 0.108. The number of hydrogen-bond acceptors (Lipinski definition) is 4. The van der Waals surface area contributed by atoms with Gasteiger partial charge in [0.05, 0.1) is 17.7 Å². The third-order valence-electron chi connectivity index (χ3n) is 3.47. The predicted molar refractivity (Wildman–Crippen MR) is 70.1 cm³/mol. The monoisotopic (exact) mass is 245 g/mol. The molecule has 1 heterocycles. The van der Waals surface area contributed by atoms with Crippen LogP contribution in [-0.4, -0.2) is 22.7 Å². The lowest BCUT2D eigenvalue weighted by molar-refractivity contribution is 0.111. The number of anilines is 1. The van der Waals surface area contributed by atoms with Gasteiger partial charge in [-0.15, -0.1) is 0 Å². The van der Waals surface area contributed by atoms with Gasteiger partial charge in [-0.25, -0.2) is 4.98 Å². The maximum Gasteiger partial charge on any atom is 0.127 e. The molecule has 0 amide bonds. The van der Waals surface area contributed by atoms with Crippen molar-refractivity contribution in [2.75, 3.05) is 11.9 Å². The molecule has 18 heavy (non-hydrogen) atoms. The minimum atomic E-state index is -0.108. The molecule has 0 radical (unpaired) electrons. The molecule has 96 valence electrons. The Balaban J connectivity index is 1.90. The summed E-state index contributed by atoms with van der Waals surface area (Å²) in [7, 11) is 0. The van der Waals surface area contributed by atoms with E-state index in [1.807, 2.05) is 6.92 Å². The summed E-state index contributed by atoms with van der Waals surface area (Å²) in [6.07, 6.45) is 3.81. The summed E-state index contributed by atoms with van der Waals surface area (Å²) in [6.45, 7) is 2.76. The molecule has 1 aliphatic carbocycles. The molecule has 4 nitrogen and oxygen atoms in total. The number of pyridine rings is 1. The van der Waals surface area contributed by atoms with Crippen LogP contribution in [0.1, 0.15) is 36.9 Å². The van der Waals surface area contributed by atoms with Gasteiger partial charge in [0.25, 0.3) is 0 Å². The van der Waals surface area contributed by atoms with Crippen molar-refractivity contribution in [2.45, 2.75) is 38.7 Å². The number of aliphatic hydroxyl groups is 1. The molecule has 0 spiro atoms. The molecule has 0 atom stereocenters. The number of nitrogens with zero attached hydrogens (tertiary/aromatic N) is 2. The first-order valence-corrected chi connectivity index (χ1v) is 6.48. The fourth-order valence-electron chi connectivity index (χ4n) is 2.42. The largest absolute Gasteiger partial charge is 0.393 e. The van der Waals surface area contributed by atoms with Crippen LogP contribution in [0.25, 0.3) is 0 Å². The van der Waals surface area contributed by atoms with E-state index in [1.165, 1.54) is 0 Å². The highest BCUT2D eigenvalue weighted by atomic mass is 16.3. The average molecular weight is 245 g/mol. The summed E-state index contributed by atoms with van der Waals surface area (Å²) >= 11 is 0. The van der Waals surface area contributed by atoms with Crippen LogP contribution in [0.3, 0.4) is 0 Å². The lowest BCUT2D eigenvalue weighted by atomic mass is 9.87. The summed E-state index contributed by atoms with van der Waals surface area (Å²) in [5, 5.41) is 21.6. The Labute approximate surface area is 108 Å². The van der Waals surface area contributed by atoms with Crippen molar-refractivity contribution >= 4 is 5.82 Å². The first-order chi connectivity index (χ1) is 8.67. The third kappa shape index (κ3) is 3.44. The predicted octanol–water partition coefficient (Wildman–Crippen LogP) is 2.22. The van der Waals surface area contributed by atoms with Gasteiger partial charge in [0.1, 0.15) is 5.82 Å². The molecule has 1 aromatic rings. The number of aromatic nitrogens is 1. The number of hydrogen-bond donors (Lipinski definition) is 2. The zero-order valence-corrected chi connectivity index (χ0v) is 10.7. The highest BCUT2D eigenvalue weighted by Crippen LogP contribution is 2.24. The lowest BCUT2D eigenvalue weighted by Gasteiger charge is -2.25. The summed E-state index contributed by atoms with van der Waals surface area (Å²) < 4.78 is 0. The fraction of sp³-hybridized carbons (Fsp3) is 0.571. The Kier molecular flexibility index (Phi) is 4.16. The summed E-state index contributed by atoms with van der Waals surface area (Å²) in [5.41, 5.74) is 1.50. The SMILES string of the molecule is Cc1cc(C#N)cc(NCC2CCC(O)CC2)n1. The molecular formula is C14H19N3O. The first-order valence-electron chi connectivity index (χ1n) is 6.48. The normalized spacial score (nSPS) is 23.4. The van der Waals surface area contributed by atoms with E-state index < -0.39 is 0 Å². The van der Waals surface area contributed by atoms with Crippen molar-refractivity contribution in [3.63, 3.8) is 0 Å².